The summed E-state index contributed by atoms with van der Waals surface area (Å²) in [5.41, 5.74) is 9.92. The number of hydrogen-bond donors (Lipinski definition) is 0. The maximum atomic E-state index is 7.12. The van der Waals surface area contributed by atoms with Crippen molar-refractivity contribution >= 4 is 129 Å². The standard InChI is InChI=1S/C45H27B6N5/c1-3-11-24(4-2)25-16-18-27(19-17-25)44-52-43(26-12-7-5-8-13-26)53-45(54-44)56-40-32(21-29(47)23-34(40)49)36-38(51)37(50)35-31-20-28(46)22-33(48)39(31)55(41(35)42(36)56)30-14-9-6-10-15-30/h3-23H,1-2H3/b11-3-,24-4+. The van der Waals surface area contributed by atoms with E-state index in [4.69, 9.17) is 62.0 Å². The van der Waals surface area contributed by atoms with Crippen molar-refractivity contribution in [3.05, 3.63) is 133 Å². The van der Waals surface area contributed by atoms with Gasteiger partial charge in [-0.25, -0.2) is 4.98 Å². The quantitative estimate of drug-likeness (QED) is 0.194. The van der Waals surface area contributed by atoms with Gasteiger partial charge in [-0.05, 0) is 37.1 Å². The maximum Gasteiger partial charge on any atom is 0.238 e. The molecule has 9 aromatic rings. The average Bonchev–Trinajstić information content (AvgIpc) is 3.74. The molecule has 0 bridgehead atoms. The molecular weight excluding hydrogens is 675 g/mol. The summed E-state index contributed by atoms with van der Waals surface area (Å²) in [6.45, 7) is 4.03. The average molecular weight is 703 g/mol. The highest BCUT2D eigenvalue weighted by Crippen LogP contribution is 2.39. The molecule has 0 saturated carbocycles. The van der Waals surface area contributed by atoms with Gasteiger partial charge in [0.15, 0.2) is 11.6 Å². The Balaban J connectivity index is 1.48. The third kappa shape index (κ3) is 5.59. The molecule has 0 aliphatic heterocycles. The lowest BCUT2D eigenvalue weighted by molar-refractivity contribution is 0.955. The molecule has 12 radical (unpaired) electrons. The van der Waals surface area contributed by atoms with Gasteiger partial charge >= 0.3 is 0 Å². The summed E-state index contributed by atoms with van der Waals surface area (Å²) < 4.78 is 4.04. The van der Waals surface area contributed by atoms with Gasteiger partial charge in [0.1, 0.15) is 47.1 Å². The highest BCUT2D eigenvalue weighted by atomic mass is 15.2. The summed E-state index contributed by atoms with van der Waals surface area (Å²) in [6, 6.07) is 35.1. The summed E-state index contributed by atoms with van der Waals surface area (Å²) in [5.74, 6) is 1.26. The first-order valence-corrected chi connectivity index (χ1v) is 18.2. The van der Waals surface area contributed by atoms with Gasteiger partial charge < -0.3 is 4.57 Å². The smallest absolute Gasteiger partial charge is 0.238 e. The SMILES string of the molecule is [B]c1cc([B])c2c(c1)c1c([B])c([B])c3c4cc([B])cc([B])c4n(-c4nc(-c5ccccc5)nc(-c5ccc(C(/C=C\C)=C/C)cc5)n4)c3c1n2-c1ccccc1. The largest absolute Gasteiger partial charge is 0.308 e. The minimum absolute atomic E-state index is 0.320. The van der Waals surface area contributed by atoms with Crippen molar-refractivity contribution in [3.63, 3.8) is 0 Å². The lowest BCUT2D eigenvalue weighted by Gasteiger charge is -2.16. The second-order valence-corrected chi connectivity index (χ2v) is 13.8. The zero-order chi connectivity index (χ0) is 38.8. The first kappa shape index (κ1) is 35.5. The van der Waals surface area contributed by atoms with E-state index in [1.807, 2.05) is 109 Å². The van der Waals surface area contributed by atoms with Gasteiger partial charge in [-0.15, -0.1) is 0 Å². The third-order valence-electron chi connectivity index (χ3n) is 10.3. The molecule has 0 spiro atoms. The fraction of sp³-hybridized carbons (Fsp3) is 0.0444. The Morgan fingerprint density at radius 3 is 1.57 bits per heavy atom. The number of hydrogen-bond acceptors (Lipinski definition) is 3. The number of fused-ring (bicyclic) bond motifs is 7. The number of rotatable bonds is 6. The van der Waals surface area contributed by atoms with Gasteiger partial charge in [-0.2, -0.15) is 9.97 Å². The highest BCUT2D eigenvalue weighted by molar-refractivity contribution is 6.61. The number of benzene rings is 6. The van der Waals surface area contributed by atoms with E-state index in [0.717, 1.165) is 44.4 Å². The van der Waals surface area contributed by atoms with E-state index in [0.29, 0.717) is 77.6 Å². The Morgan fingerprint density at radius 2 is 1.04 bits per heavy atom. The Hall–Kier alpha value is -6.20. The molecule has 3 heterocycles. The predicted octanol–water partition coefficient (Wildman–Crippen LogP) is 4.14. The first-order valence-electron chi connectivity index (χ1n) is 18.2. The number of allylic oxidation sites excluding steroid dienone is 4. The van der Waals surface area contributed by atoms with E-state index in [1.54, 1.807) is 12.1 Å². The maximum absolute atomic E-state index is 7.12. The zero-order valence-corrected chi connectivity index (χ0v) is 30.8. The second-order valence-electron chi connectivity index (χ2n) is 13.8. The highest BCUT2D eigenvalue weighted by Gasteiger charge is 2.27. The minimum atomic E-state index is 0.320. The van der Waals surface area contributed by atoms with Crippen LogP contribution < -0.4 is 32.8 Å². The van der Waals surface area contributed by atoms with Crippen molar-refractivity contribution in [2.24, 2.45) is 0 Å². The summed E-state index contributed by atoms with van der Waals surface area (Å²) in [7, 11) is 40.9. The Labute approximate surface area is 333 Å². The fourth-order valence-corrected chi connectivity index (χ4v) is 7.90. The van der Waals surface area contributed by atoms with Crippen LogP contribution >= 0.6 is 0 Å². The number of nitrogens with zero attached hydrogens (tertiary/aromatic N) is 5. The topological polar surface area (TPSA) is 48.5 Å². The summed E-state index contributed by atoms with van der Waals surface area (Å²) in [4.78, 5) is 15.4. The van der Waals surface area contributed by atoms with Crippen LogP contribution in [0.2, 0.25) is 0 Å². The molecule has 0 fully saturated rings. The molecule has 5 nitrogen and oxygen atoms in total. The Bertz CT molecular complexity index is 3090. The normalized spacial score (nSPS) is 12.2. The Kier molecular flexibility index (Phi) is 8.76. The number of para-hydroxylation sites is 1. The molecule has 0 atom stereocenters. The van der Waals surface area contributed by atoms with Crippen molar-refractivity contribution in [2.45, 2.75) is 13.8 Å². The van der Waals surface area contributed by atoms with Gasteiger partial charge in [0, 0.05) is 43.9 Å². The minimum Gasteiger partial charge on any atom is -0.308 e. The molecule has 0 aliphatic rings. The van der Waals surface area contributed by atoms with E-state index in [9.17, 15) is 0 Å². The first-order chi connectivity index (χ1) is 27.2. The van der Waals surface area contributed by atoms with Crippen molar-refractivity contribution in [1.29, 1.82) is 0 Å². The molecule has 0 saturated heterocycles. The molecule has 3 aromatic heterocycles. The zero-order valence-electron chi connectivity index (χ0n) is 30.8. The Morgan fingerprint density at radius 1 is 0.536 bits per heavy atom. The van der Waals surface area contributed by atoms with Crippen LogP contribution in [-0.4, -0.2) is 71.2 Å². The van der Waals surface area contributed by atoms with Crippen LogP contribution in [-0.2, 0) is 0 Å². The lowest BCUT2D eigenvalue weighted by atomic mass is 9.74. The molecule has 9 rings (SSSR count). The number of aromatic nitrogens is 5. The van der Waals surface area contributed by atoms with Crippen molar-refractivity contribution in [2.75, 3.05) is 0 Å². The van der Waals surface area contributed by atoms with Crippen molar-refractivity contribution in [3.8, 4) is 34.4 Å². The predicted molar refractivity (Wildman–Crippen MR) is 240 cm³/mol. The van der Waals surface area contributed by atoms with Gasteiger partial charge in [0.2, 0.25) is 5.95 Å². The molecular formula is C45H27B6N5. The summed E-state index contributed by atoms with van der Waals surface area (Å²) in [6.07, 6.45) is 6.19. The van der Waals surface area contributed by atoms with Crippen LogP contribution in [0.1, 0.15) is 19.4 Å². The molecule has 0 aliphatic carbocycles. The second kappa shape index (κ2) is 13.8. The van der Waals surface area contributed by atoms with Gasteiger partial charge in [0.05, 0.1) is 16.6 Å². The summed E-state index contributed by atoms with van der Waals surface area (Å²) >= 11 is 0. The van der Waals surface area contributed by atoms with Crippen LogP contribution in [0.15, 0.2) is 127 Å². The van der Waals surface area contributed by atoms with E-state index in [-0.39, 0.29) is 0 Å². The van der Waals surface area contributed by atoms with Gasteiger partial charge in [-0.3, -0.25) is 4.57 Å². The monoisotopic (exact) mass is 703 g/mol. The van der Waals surface area contributed by atoms with Crippen LogP contribution in [0.25, 0.3) is 83.6 Å². The van der Waals surface area contributed by atoms with Crippen LogP contribution in [0.3, 0.4) is 0 Å². The van der Waals surface area contributed by atoms with E-state index in [1.165, 1.54) is 0 Å². The van der Waals surface area contributed by atoms with Crippen molar-refractivity contribution in [1.82, 2.24) is 24.1 Å². The van der Waals surface area contributed by atoms with Crippen LogP contribution in [0.4, 0.5) is 0 Å². The third-order valence-corrected chi connectivity index (χ3v) is 10.3. The van der Waals surface area contributed by atoms with E-state index in [2.05, 4.69) is 28.9 Å². The molecule has 250 valence electrons. The van der Waals surface area contributed by atoms with Crippen molar-refractivity contribution < 1.29 is 0 Å². The molecule has 11 heteroatoms. The molecule has 6 aromatic carbocycles. The lowest BCUT2D eigenvalue weighted by Crippen LogP contribution is -2.27. The summed E-state index contributed by atoms with van der Waals surface area (Å²) in [5, 5.41) is 2.76. The van der Waals surface area contributed by atoms with Gasteiger partial charge in [-0.1, -0.05) is 148 Å². The molecule has 0 amide bonds. The fourth-order valence-electron chi connectivity index (χ4n) is 7.90. The van der Waals surface area contributed by atoms with Crippen LogP contribution in [0.5, 0.6) is 0 Å². The molecule has 0 unspecified atom stereocenters. The van der Waals surface area contributed by atoms with E-state index >= 15 is 0 Å². The van der Waals surface area contributed by atoms with Crippen LogP contribution in [0, 0.1) is 0 Å². The molecule has 0 N–H and O–H groups in total. The van der Waals surface area contributed by atoms with E-state index < -0.39 is 0 Å². The van der Waals surface area contributed by atoms with Gasteiger partial charge in [0.25, 0.3) is 0 Å². The molecule has 56 heavy (non-hydrogen) atoms.